The van der Waals surface area contributed by atoms with Crippen molar-refractivity contribution in [3.05, 3.63) is 47.9 Å². The second kappa shape index (κ2) is 6.80. The number of aromatic nitrogens is 4. The molecule has 6 heteroatoms. The number of methoxy groups -OCH3 is 1. The van der Waals surface area contributed by atoms with Crippen molar-refractivity contribution in [2.75, 3.05) is 20.2 Å². The van der Waals surface area contributed by atoms with Crippen molar-refractivity contribution in [3.63, 3.8) is 0 Å². The van der Waals surface area contributed by atoms with Gasteiger partial charge in [-0.3, -0.25) is 4.90 Å². The molecule has 4 rings (SSSR count). The van der Waals surface area contributed by atoms with Gasteiger partial charge in [0, 0.05) is 37.5 Å². The molecule has 6 nitrogen and oxygen atoms in total. The number of nitrogens with zero attached hydrogens (tertiary/aromatic N) is 5. The maximum absolute atomic E-state index is 5.47. The molecule has 3 aromatic rings. The highest BCUT2D eigenvalue weighted by atomic mass is 16.5. The van der Waals surface area contributed by atoms with Crippen LogP contribution in [0.25, 0.3) is 11.2 Å². The Bertz CT molecular complexity index is 867. The quantitative estimate of drug-likeness (QED) is 0.733. The number of hydrogen-bond donors (Lipinski definition) is 0. The van der Waals surface area contributed by atoms with E-state index < -0.39 is 0 Å². The SMILES string of the molecule is COc1ccccc1CN1CCC(c2nn(C)c3nccnc23)CC1. The zero-order valence-electron chi connectivity index (χ0n) is 14.7. The summed E-state index contributed by atoms with van der Waals surface area (Å²) in [6, 6.07) is 8.26. The van der Waals surface area contributed by atoms with Crippen molar-refractivity contribution in [1.29, 1.82) is 0 Å². The van der Waals surface area contributed by atoms with Crippen molar-refractivity contribution in [1.82, 2.24) is 24.6 Å². The van der Waals surface area contributed by atoms with Crippen LogP contribution in [0.3, 0.4) is 0 Å². The third-order valence-electron chi connectivity index (χ3n) is 5.05. The Balaban J connectivity index is 1.46. The molecule has 2 aromatic heterocycles. The highest BCUT2D eigenvalue weighted by molar-refractivity contribution is 5.73. The van der Waals surface area contributed by atoms with Gasteiger partial charge in [-0.2, -0.15) is 5.10 Å². The predicted molar refractivity (Wildman–Crippen MR) is 96.6 cm³/mol. The first-order chi connectivity index (χ1) is 12.3. The Morgan fingerprint density at radius 3 is 2.68 bits per heavy atom. The Morgan fingerprint density at radius 1 is 1.12 bits per heavy atom. The molecular weight excluding hydrogens is 314 g/mol. The van der Waals surface area contributed by atoms with Crippen molar-refractivity contribution in [3.8, 4) is 5.75 Å². The molecule has 1 aliphatic rings. The first-order valence-electron chi connectivity index (χ1n) is 8.74. The van der Waals surface area contributed by atoms with E-state index in [9.17, 15) is 0 Å². The lowest BCUT2D eigenvalue weighted by Crippen LogP contribution is -2.32. The van der Waals surface area contributed by atoms with Crippen LogP contribution in [-0.2, 0) is 13.6 Å². The van der Waals surface area contributed by atoms with E-state index >= 15 is 0 Å². The Kier molecular flexibility index (Phi) is 4.36. The Morgan fingerprint density at radius 2 is 1.88 bits per heavy atom. The van der Waals surface area contributed by atoms with E-state index in [4.69, 9.17) is 9.84 Å². The van der Waals surface area contributed by atoms with Gasteiger partial charge in [-0.1, -0.05) is 18.2 Å². The van der Waals surface area contributed by atoms with Crippen molar-refractivity contribution in [2.24, 2.45) is 7.05 Å². The van der Waals surface area contributed by atoms with Crippen LogP contribution in [0.2, 0.25) is 0 Å². The second-order valence-electron chi connectivity index (χ2n) is 6.60. The minimum Gasteiger partial charge on any atom is -0.496 e. The number of aryl methyl sites for hydroxylation is 1. The van der Waals surface area contributed by atoms with Crippen LogP contribution < -0.4 is 4.74 Å². The van der Waals surface area contributed by atoms with Crippen LogP contribution in [0.5, 0.6) is 5.75 Å². The molecule has 0 unspecified atom stereocenters. The summed E-state index contributed by atoms with van der Waals surface area (Å²) in [4.78, 5) is 11.4. The first-order valence-corrected chi connectivity index (χ1v) is 8.74. The van der Waals surface area contributed by atoms with Gasteiger partial charge in [-0.15, -0.1) is 0 Å². The summed E-state index contributed by atoms with van der Waals surface area (Å²) < 4.78 is 7.32. The number of benzene rings is 1. The zero-order valence-corrected chi connectivity index (χ0v) is 14.7. The summed E-state index contributed by atoms with van der Waals surface area (Å²) in [5, 5.41) is 4.70. The van der Waals surface area contributed by atoms with Crippen LogP contribution in [0.4, 0.5) is 0 Å². The van der Waals surface area contributed by atoms with E-state index in [-0.39, 0.29) is 0 Å². The lowest BCUT2D eigenvalue weighted by Gasteiger charge is -2.31. The molecule has 0 N–H and O–H groups in total. The molecule has 1 fully saturated rings. The van der Waals surface area contributed by atoms with Crippen molar-refractivity contribution in [2.45, 2.75) is 25.3 Å². The molecule has 130 valence electrons. The molecule has 1 aliphatic heterocycles. The van der Waals surface area contributed by atoms with E-state index in [0.717, 1.165) is 55.1 Å². The summed E-state index contributed by atoms with van der Waals surface area (Å²) >= 11 is 0. The highest BCUT2D eigenvalue weighted by Crippen LogP contribution is 2.31. The number of para-hydroxylation sites is 1. The van der Waals surface area contributed by atoms with Gasteiger partial charge in [0.15, 0.2) is 5.65 Å². The molecule has 1 aromatic carbocycles. The minimum atomic E-state index is 0.453. The highest BCUT2D eigenvalue weighted by Gasteiger charge is 2.26. The first kappa shape index (κ1) is 16.0. The summed E-state index contributed by atoms with van der Waals surface area (Å²) in [5.74, 6) is 1.42. The number of rotatable bonds is 4. The maximum Gasteiger partial charge on any atom is 0.176 e. The average molecular weight is 337 g/mol. The van der Waals surface area contributed by atoms with Gasteiger partial charge in [0.25, 0.3) is 0 Å². The third kappa shape index (κ3) is 3.09. The predicted octanol–water partition coefficient (Wildman–Crippen LogP) is 2.75. The molecule has 0 amide bonds. The molecule has 0 saturated carbocycles. The molecule has 0 aliphatic carbocycles. The van der Waals surface area contributed by atoms with Gasteiger partial charge < -0.3 is 4.74 Å². The van der Waals surface area contributed by atoms with Crippen LogP contribution in [-0.4, -0.2) is 44.8 Å². The van der Waals surface area contributed by atoms with E-state index in [1.165, 1.54) is 5.56 Å². The van der Waals surface area contributed by atoms with Crippen LogP contribution in [0.15, 0.2) is 36.7 Å². The van der Waals surface area contributed by atoms with E-state index in [0.29, 0.717) is 5.92 Å². The number of ether oxygens (including phenoxy) is 1. The molecule has 0 bridgehead atoms. The lowest BCUT2D eigenvalue weighted by molar-refractivity contribution is 0.201. The molecule has 0 spiro atoms. The number of fused-ring (bicyclic) bond motifs is 1. The van der Waals surface area contributed by atoms with Gasteiger partial charge in [0.1, 0.15) is 11.3 Å². The molecular formula is C19H23N5O. The largest absolute Gasteiger partial charge is 0.496 e. The fourth-order valence-corrected chi connectivity index (χ4v) is 3.72. The Labute approximate surface area is 147 Å². The van der Waals surface area contributed by atoms with Gasteiger partial charge in [0.05, 0.1) is 12.8 Å². The van der Waals surface area contributed by atoms with Crippen LogP contribution in [0, 0.1) is 0 Å². The van der Waals surface area contributed by atoms with Crippen molar-refractivity contribution < 1.29 is 4.74 Å². The summed E-state index contributed by atoms with van der Waals surface area (Å²) in [6.07, 6.45) is 5.67. The van der Waals surface area contributed by atoms with E-state index in [2.05, 4.69) is 27.0 Å². The molecule has 25 heavy (non-hydrogen) atoms. The maximum atomic E-state index is 5.47. The summed E-state index contributed by atoms with van der Waals surface area (Å²) in [5.41, 5.74) is 4.17. The number of piperidine rings is 1. The normalized spacial score (nSPS) is 16.4. The minimum absolute atomic E-state index is 0.453. The molecule has 3 heterocycles. The smallest absolute Gasteiger partial charge is 0.176 e. The standard InChI is InChI=1S/C19H23N5O/c1-23-19-18(20-9-10-21-19)17(22-23)14-7-11-24(12-8-14)13-15-5-3-4-6-16(15)25-2/h3-6,9-10,14H,7-8,11-13H2,1-2H3. The van der Waals surface area contributed by atoms with Crippen LogP contribution >= 0.6 is 0 Å². The fraction of sp³-hybridized carbons (Fsp3) is 0.421. The molecule has 0 atom stereocenters. The van der Waals surface area contributed by atoms with Gasteiger partial charge >= 0.3 is 0 Å². The topological polar surface area (TPSA) is 56.1 Å². The second-order valence-corrected chi connectivity index (χ2v) is 6.60. The van der Waals surface area contributed by atoms with Gasteiger partial charge in [-0.05, 0) is 32.0 Å². The average Bonchev–Trinajstić information content (AvgIpc) is 3.00. The fourth-order valence-electron chi connectivity index (χ4n) is 3.72. The van der Waals surface area contributed by atoms with Crippen molar-refractivity contribution >= 4 is 11.2 Å². The van der Waals surface area contributed by atoms with E-state index in [1.54, 1.807) is 19.5 Å². The van der Waals surface area contributed by atoms with Crippen LogP contribution in [0.1, 0.15) is 30.0 Å². The zero-order chi connectivity index (χ0) is 17.2. The number of hydrogen-bond acceptors (Lipinski definition) is 5. The van der Waals surface area contributed by atoms with Gasteiger partial charge in [-0.25, -0.2) is 14.6 Å². The Hall–Kier alpha value is -2.47. The van der Waals surface area contributed by atoms with E-state index in [1.807, 2.05) is 23.9 Å². The molecule has 1 saturated heterocycles. The summed E-state index contributed by atoms with van der Waals surface area (Å²) in [7, 11) is 3.68. The monoisotopic (exact) mass is 337 g/mol. The lowest BCUT2D eigenvalue weighted by atomic mass is 9.93. The van der Waals surface area contributed by atoms with Gasteiger partial charge in [0.2, 0.25) is 0 Å². The third-order valence-corrected chi connectivity index (χ3v) is 5.05. The number of likely N-dealkylation sites (tertiary alicyclic amines) is 1. The summed E-state index contributed by atoms with van der Waals surface area (Å²) in [6.45, 7) is 3.04. The molecule has 0 radical (unpaired) electrons.